The van der Waals surface area contributed by atoms with Gasteiger partial charge < -0.3 is 0 Å². The first-order chi connectivity index (χ1) is 7.50. The molecule has 0 N–H and O–H groups in total. The monoisotopic (exact) mass is 347 g/mol. The van der Waals surface area contributed by atoms with E-state index in [0.29, 0.717) is 0 Å². The Balaban J connectivity index is 0.000000205. The summed E-state index contributed by atoms with van der Waals surface area (Å²) in [5.41, 5.74) is 0. The van der Waals surface area contributed by atoms with Crippen LogP contribution in [-0.4, -0.2) is 0 Å². The fraction of sp³-hybridized carbons (Fsp3) is 0. The van der Waals surface area contributed by atoms with Crippen molar-refractivity contribution in [3.63, 3.8) is 0 Å². The molecule has 0 saturated heterocycles. The first-order valence-corrected chi connectivity index (χ1v) is 5.00. The second-order valence-corrected chi connectivity index (χ2v) is 2.89. The van der Waals surface area contributed by atoms with Crippen LogP contribution in [0.4, 0.5) is 0 Å². The molecule has 3 aromatic carbocycles. The van der Waals surface area contributed by atoms with Crippen LogP contribution in [0.5, 0.6) is 0 Å². The third-order valence-electron chi connectivity index (χ3n) is 1.67. The summed E-state index contributed by atoms with van der Waals surface area (Å²) in [6.45, 7) is 0. The zero-order valence-corrected chi connectivity index (χ0v) is 11.7. The molecular formula is C15H15Sm. The Morgan fingerprint density at radius 1 is 0.375 bits per heavy atom. The van der Waals surface area contributed by atoms with Gasteiger partial charge in [0.15, 0.2) is 0 Å². The molecule has 0 aliphatic rings. The second-order valence-electron chi connectivity index (χ2n) is 2.89. The van der Waals surface area contributed by atoms with Gasteiger partial charge in [0.25, 0.3) is 0 Å². The first-order valence-electron chi connectivity index (χ1n) is 5.00. The van der Waals surface area contributed by atoms with Gasteiger partial charge in [-0.25, -0.2) is 36.4 Å². The SMILES string of the molecule is [Sm+3].c1cc[cH-]c1.c1cc[cH-]c1.c1cc[cH-]c1. The van der Waals surface area contributed by atoms with Crippen molar-refractivity contribution in [2.24, 2.45) is 0 Å². The van der Waals surface area contributed by atoms with E-state index in [1.54, 1.807) is 0 Å². The third kappa shape index (κ3) is 9.92. The maximum absolute atomic E-state index is 2.00. The number of hydrogen-bond acceptors (Lipinski definition) is 0. The van der Waals surface area contributed by atoms with Crippen LogP contribution in [0.15, 0.2) is 91.0 Å². The summed E-state index contributed by atoms with van der Waals surface area (Å²) in [5.74, 6) is 0. The molecule has 1 radical (unpaired) electrons. The van der Waals surface area contributed by atoms with Gasteiger partial charge in [-0.05, 0) is 0 Å². The molecule has 0 heterocycles. The van der Waals surface area contributed by atoms with Crippen LogP contribution < -0.4 is 0 Å². The van der Waals surface area contributed by atoms with Crippen LogP contribution in [-0.2, 0) is 0 Å². The van der Waals surface area contributed by atoms with Gasteiger partial charge in [-0.15, -0.1) is 0 Å². The molecule has 0 aromatic heterocycles. The summed E-state index contributed by atoms with van der Waals surface area (Å²) in [6.07, 6.45) is 0. The molecule has 3 rings (SSSR count). The van der Waals surface area contributed by atoms with E-state index in [4.69, 9.17) is 0 Å². The van der Waals surface area contributed by atoms with Gasteiger partial charge in [0.2, 0.25) is 0 Å². The van der Waals surface area contributed by atoms with E-state index < -0.39 is 0 Å². The summed E-state index contributed by atoms with van der Waals surface area (Å²) in [4.78, 5) is 0. The minimum atomic E-state index is 0. The minimum absolute atomic E-state index is 0. The second kappa shape index (κ2) is 12.5. The topological polar surface area (TPSA) is 0 Å². The molecule has 0 atom stereocenters. The van der Waals surface area contributed by atoms with E-state index in [-0.39, 0.29) is 40.4 Å². The molecule has 1 heteroatoms. The number of hydrogen-bond donors (Lipinski definition) is 0. The van der Waals surface area contributed by atoms with Crippen molar-refractivity contribution in [3.8, 4) is 0 Å². The molecule has 0 aliphatic heterocycles. The Morgan fingerprint density at radius 2 is 0.562 bits per heavy atom. The van der Waals surface area contributed by atoms with Crippen molar-refractivity contribution in [2.45, 2.75) is 0 Å². The third-order valence-corrected chi connectivity index (χ3v) is 1.67. The Kier molecular flexibility index (Phi) is 12.0. The molecule has 3 aromatic rings. The molecule has 0 amide bonds. The molecule has 16 heavy (non-hydrogen) atoms. The molecule has 0 bridgehead atoms. The summed E-state index contributed by atoms with van der Waals surface area (Å²) in [6, 6.07) is 30.0. The van der Waals surface area contributed by atoms with E-state index in [1.807, 2.05) is 91.0 Å². The van der Waals surface area contributed by atoms with Gasteiger partial charge in [-0.1, -0.05) is 0 Å². The Labute approximate surface area is 130 Å². The molecular weight excluding hydrogens is 331 g/mol. The Morgan fingerprint density at radius 3 is 0.625 bits per heavy atom. The van der Waals surface area contributed by atoms with Gasteiger partial charge in [-0.2, -0.15) is 54.6 Å². The molecule has 0 saturated carbocycles. The predicted molar refractivity (Wildman–Crippen MR) is 66.1 cm³/mol. The van der Waals surface area contributed by atoms with E-state index in [2.05, 4.69) is 0 Å². The maximum atomic E-state index is 2.00. The molecule has 0 unspecified atom stereocenters. The van der Waals surface area contributed by atoms with Gasteiger partial charge in [0.05, 0.1) is 0 Å². The number of rotatable bonds is 0. The minimum Gasteiger partial charge on any atom is -0.214 e. The quantitative estimate of drug-likeness (QED) is 0.535. The van der Waals surface area contributed by atoms with Crippen LogP contribution in [0.2, 0.25) is 0 Å². The normalized spacial score (nSPS) is 7.50. The Hall–Kier alpha value is -0.612. The van der Waals surface area contributed by atoms with Crippen molar-refractivity contribution in [2.75, 3.05) is 0 Å². The molecule has 0 spiro atoms. The standard InChI is InChI=1S/3C5H5.Sm/c3*1-2-4-5-3-1;/h3*1-5H;/q3*-1;+3. The van der Waals surface area contributed by atoms with Crippen molar-refractivity contribution in [1.82, 2.24) is 0 Å². The zero-order chi connectivity index (χ0) is 10.6. The van der Waals surface area contributed by atoms with Crippen molar-refractivity contribution >= 4 is 0 Å². The van der Waals surface area contributed by atoms with Crippen LogP contribution in [0.25, 0.3) is 0 Å². The largest absolute Gasteiger partial charge is 3.00 e. The summed E-state index contributed by atoms with van der Waals surface area (Å²) in [5, 5.41) is 0. The van der Waals surface area contributed by atoms with Crippen molar-refractivity contribution in [3.05, 3.63) is 91.0 Å². The smallest absolute Gasteiger partial charge is 0.214 e. The van der Waals surface area contributed by atoms with E-state index in [0.717, 1.165) is 0 Å². The summed E-state index contributed by atoms with van der Waals surface area (Å²) in [7, 11) is 0. The Bertz CT molecular complexity index is 237. The van der Waals surface area contributed by atoms with E-state index in [1.165, 1.54) is 0 Å². The fourth-order valence-corrected chi connectivity index (χ4v) is 0.962. The predicted octanol–water partition coefficient (Wildman–Crippen LogP) is 4.22. The average Bonchev–Trinajstić information content (AvgIpc) is 3.09. The zero-order valence-electron chi connectivity index (χ0n) is 9.07. The summed E-state index contributed by atoms with van der Waals surface area (Å²) >= 11 is 0. The van der Waals surface area contributed by atoms with Crippen molar-refractivity contribution < 1.29 is 40.4 Å². The maximum Gasteiger partial charge on any atom is 3.00 e. The molecule has 0 aliphatic carbocycles. The van der Waals surface area contributed by atoms with Crippen LogP contribution in [0.1, 0.15) is 0 Å². The molecule has 0 nitrogen and oxygen atoms in total. The van der Waals surface area contributed by atoms with Crippen LogP contribution in [0, 0.1) is 40.4 Å². The van der Waals surface area contributed by atoms with Gasteiger partial charge >= 0.3 is 40.4 Å². The van der Waals surface area contributed by atoms with Gasteiger partial charge in [0, 0.05) is 0 Å². The van der Waals surface area contributed by atoms with E-state index >= 15 is 0 Å². The van der Waals surface area contributed by atoms with Crippen LogP contribution >= 0.6 is 0 Å². The average molecular weight is 346 g/mol. The molecule has 0 fully saturated rings. The fourth-order valence-electron chi connectivity index (χ4n) is 0.962. The van der Waals surface area contributed by atoms with Crippen LogP contribution in [0.3, 0.4) is 0 Å². The van der Waals surface area contributed by atoms with Gasteiger partial charge in [-0.3, -0.25) is 0 Å². The van der Waals surface area contributed by atoms with Crippen molar-refractivity contribution in [1.29, 1.82) is 0 Å². The van der Waals surface area contributed by atoms with Gasteiger partial charge in [0.1, 0.15) is 0 Å². The summed E-state index contributed by atoms with van der Waals surface area (Å²) < 4.78 is 0. The molecule has 81 valence electrons. The first kappa shape index (κ1) is 15.4. The van der Waals surface area contributed by atoms with E-state index in [9.17, 15) is 0 Å².